The van der Waals surface area contributed by atoms with Crippen molar-refractivity contribution in [3.05, 3.63) is 42.1 Å². The Labute approximate surface area is 85.5 Å². The van der Waals surface area contributed by atoms with Gasteiger partial charge in [-0.1, -0.05) is 44.2 Å². The summed E-state index contributed by atoms with van der Waals surface area (Å²) >= 11 is 0. The van der Waals surface area contributed by atoms with Crippen LogP contribution in [0.4, 0.5) is 0 Å². The van der Waals surface area contributed by atoms with Gasteiger partial charge in [-0.2, -0.15) is 0 Å². The van der Waals surface area contributed by atoms with Crippen molar-refractivity contribution in [2.45, 2.75) is 20.8 Å². The molecule has 1 N–H and O–H groups in total. The molecule has 0 saturated heterocycles. The second-order valence-electron chi connectivity index (χ2n) is 2.79. The fourth-order valence-electron chi connectivity index (χ4n) is 1.41. The second kappa shape index (κ2) is 5.28. The average molecular weight is 187 g/mol. The highest BCUT2D eigenvalue weighted by atomic mass is 14.7. The van der Waals surface area contributed by atoms with Crippen molar-refractivity contribution in [3.8, 4) is 0 Å². The predicted octanol–water partition coefficient (Wildman–Crippen LogP) is 4.23. The molecule has 2 aromatic rings. The van der Waals surface area contributed by atoms with Crippen molar-refractivity contribution in [3.63, 3.8) is 0 Å². The summed E-state index contributed by atoms with van der Waals surface area (Å²) in [5, 5.41) is 1.29. The molecule has 0 aliphatic carbocycles. The molecule has 0 aliphatic heterocycles. The van der Waals surface area contributed by atoms with Crippen LogP contribution >= 0.6 is 0 Å². The molecule has 0 saturated carbocycles. The Morgan fingerprint density at radius 3 is 2.57 bits per heavy atom. The third-order valence-corrected chi connectivity index (χ3v) is 1.97. The van der Waals surface area contributed by atoms with E-state index in [1.165, 1.54) is 16.5 Å². The van der Waals surface area contributed by atoms with Crippen LogP contribution in [-0.4, -0.2) is 4.98 Å². The van der Waals surface area contributed by atoms with Gasteiger partial charge in [0, 0.05) is 17.1 Å². The van der Waals surface area contributed by atoms with Crippen LogP contribution in [0.2, 0.25) is 0 Å². The Morgan fingerprint density at radius 1 is 1.14 bits per heavy atom. The van der Waals surface area contributed by atoms with Gasteiger partial charge in [0.05, 0.1) is 0 Å². The minimum absolute atomic E-state index is 1.20. The van der Waals surface area contributed by atoms with E-state index in [4.69, 9.17) is 0 Å². The fourth-order valence-corrected chi connectivity index (χ4v) is 1.41. The molecule has 1 nitrogen and oxygen atoms in total. The van der Waals surface area contributed by atoms with Crippen molar-refractivity contribution >= 4 is 17.0 Å². The van der Waals surface area contributed by atoms with Crippen molar-refractivity contribution in [2.24, 2.45) is 0 Å². The monoisotopic (exact) mass is 187 g/mol. The highest BCUT2D eigenvalue weighted by molar-refractivity contribution is 5.88. The zero-order valence-electron chi connectivity index (χ0n) is 9.04. The standard InChI is InChI=1S/C11H11N.C2H6/c1-2-5-9-8-12-11-7-4-3-6-10(9)11;1-2/h2-8,12H,1H3;1-2H3/b5-2-;. The summed E-state index contributed by atoms with van der Waals surface area (Å²) in [4.78, 5) is 3.22. The zero-order valence-corrected chi connectivity index (χ0v) is 9.04. The average Bonchev–Trinajstić information content (AvgIpc) is 2.66. The molecule has 0 radical (unpaired) electrons. The van der Waals surface area contributed by atoms with Crippen molar-refractivity contribution in [1.29, 1.82) is 0 Å². The largest absolute Gasteiger partial charge is 0.361 e. The number of hydrogen-bond acceptors (Lipinski definition) is 0. The number of fused-ring (bicyclic) bond motifs is 1. The number of aromatic nitrogens is 1. The summed E-state index contributed by atoms with van der Waals surface area (Å²) in [6.07, 6.45) is 6.19. The van der Waals surface area contributed by atoms with Gasteiger partial charge in [0.2, 0.25) is 0 Å². The maximum atomic E-state index is 3.22. The van der Waals surface area contributed by atoms with E-state index in [9.17, 15) is 0 Å². The van der Waals surface area contributed by atoms with Gasteiger partial charge in [-0.25, -0.2) is 0 Å². The summed E-state index contributed by atoms with van der Waals surface area (Å²) < 4.78 is 0. The molecule has 0 fully saturated rings. The highest BCUT2D eigenvalue weighted by Gasteiger charge is 1.96. The Morgan fingerprint density at radius 2 is 1.86 bits per heavy atom. The van der Waals surface area contributed by atoms with Crippen LogP contribution in [0.5, 0.6) is 0 Å². The van der Waals surface area contributed by atoms with Gasteiger partial charge in [0.25, 0.3) is 0 Å². The van der Waals surface area contributed by atoms with Gasteiger partial charge >= 0.3 is 0 Å². The number of aromatic amines is 1. The van der Waals surface area contributed by atoms with E-state index in [0.717, 1.165) is 0 Å². The molecule has 0 spiro atoms. The van der Waals surface area contributed by atoms with Crippen molar-refractivity contribution in [1.82, 2.24) is 4.98 Å². The Bertz CT molecular complexity index is 410. The van der Waals surface area contributed by atoms with E-state index >= 15 is 0 Å². The van der Waals surface area contributed by atoms with Gasteiger partial charge < -0.3 is 4.98 Å². The van der Waals surface area contributed by atoms with Gasteiger partial charge in [0.15, 0.2) is 0 Å². The van der Waals surface area contributed by atoms with Crippen LogP contribution in [0, 0.1) is 0 Å². The first-order valence-electron chi connectivity index (χ1n) is 5.10. The van der Waals surface area contributed by atoms with E-state index in [2.05, 4.69) is 35.3 Å². The molecule has 0 bridgehead atoms. The summed E-state index contributed by atoms with van der Waals surface area (Å²) in [5.74, 6) is 0. The summed E-state index contributed by atoms with van der Waals surface area (Å²) in [7, 11) is 0. The molecule has 0 amide bonds. The summed E-state index contributed by atoms with van der Waals surface area (Å²) in [5.41, 5.74) is 2.46. The molecule has 0 unspecified atom stereocenters. The third-order valence-electron chi connectivity index (χ3n) is 1.97. The number of hydrogen-bond donors (Lipinski definition) is 1. The zero-order chi connectivity index (χ0) is 10.4. The van der Waals surface area contributed by atoms with Crippen LogP contribution in [0.1, 0.15) is 26.3 Å². The predicted molar refractivity (Wildman–Crippen MR) is 64.4 cm³/mol. The van der Waals surface area contributed by atoms with Crippen molar-refractivity contribution in [2.75, 3.05) is 0 Å². The molecular weight excluding hydrogens is 170 g/mol. The smallest absolute Gasteiger partial charge is 0.0460 e. The molecule has 2 rings (SSSR count). The van der Waals surface area contributed by atoms with E-state index in [0.29, 0.717) is 0 Å². The topological polar surface area (TPSA) is 15.8 Å². The Kier molecular flexibility index (Phi) is 3.99. The number of rotatable bonds is 1. The molecule has 0 aliphatic rings. The van der Waals surface area contributed by atoms with E-state index in [-0.39, 0.29) is 0 Å². The third kappa shape index (κ3) is 2.05. The van der Waals surface area contributed by atoms with E-state index < -0.39 is 0 Å². The van der Waals surface area contributed by atoms with Crippen LogP contribution in [0.3, 0.4) is 0 Å². The van der Waals surface area contributed by atoms with Crippen LogP contribution in [0.15, 0.2) is 36.5 Å². The molecule has 14 heavy (non-hydrogen) atoms. The van der Waals surface area contributed by atoms with Crippen LogP contribution < -0.4 is 0 Å². The lowest BCUT2D eigenvalue weighted by molar-refractivity contribution is 1.47. The molecule has 1 aromatic carbocycles. The first-order valence-corrected chi connectivity index (χ1v) is 5.10. The number of nitrogens with one attached hydrogen (secondary N) is 1. The van der Waals surface area contributed by atoms with Gasteiger partial charge in [-0.15, -0.1) is 0 Å². The molecule has 1 heteroatoms. The van der Waals surface area contributed by atoms with E-state index in [1.54, 1.807) is 0 Å². The van der Waals surface area contributed by atoms with Crippen LogP contribution in [0.25, 0.3) is 17.0 Å². The quantitative estimate of drug-likeness (QED) is 0.687. The van der Waals surface area contributed by atoms with E-state index in [1.807, 2.05) is 33.0 Å². The molecule has 1 heterocycles. The second-order valence-corrected chi connectivity index (χ2v) is 2.79. The summed E-state index contributed by atoms with van der Waals surface area (Å²) in [6, 6.07) is 8.31. The number of benzene rings is 1. The summed E-state index contributed by atoms with van der Waals surface area (Å²) in [6.45, 7) is 6.03. The lowest BCUT2D eigenvalue weighted by Crippen LogP contribution is -1.66. The number of H-pyrrole nitrogens is 1. The normalized spacial score (nSPS) is 10.2. The first-order chi connectivity index (χ1) is 6.92. The maximum absolute atomic E-state index is 3.22. The molecule has 0 atom stereocenters. The first kappa shape index (κ1) is 10.6. The Balaban J connectivity index is 0.000000461. The molecule has 1 aromatic heterocycles. The fraction of sp³-hybridized carbons (Fsp3) is 0.231. The van der Waals surface area contributed by atoms with Crippen molar-refractivity contribution < 1.29 is 0 Å². The maximum Gasteiger partial charge on any atom is 0.0460 e. The molecule has 74 valence electrons. The SMILES string of the molecule is C/C=C\c1c[nH]c2ccccc12.CC. The number of allylic oxidation sites excluding steroid dienone is 1. The Hall–Kier alpha value is -1.50. The van der Waals surface area contributed by atoms with Gasteiger partial charge in [-0.05, 0) is 18.6 Å². The minimum atomic E-state index is 1.20. The van der Waals surface area contributed by atoms with Crippen LogP contribution in [-0.2, 0) is 0 Å². The number of para-hydroxylation sites is 1. The highest BCUT2D eigenvalue weighted by Crippen LogP contribution is 2.18. The lowest BCUT2D eigenvalue weighted by Gasteiger charge is -1.88. The van der Waals surface area contributed by atoms with Gasteiger partial charge in [0.1, 0.15) is 0 Å². The lowest BCUT2D eigenvalue weighted by atomic mass is 10.2. The van der Waals surface area contributed by atoms with Gasteiger partial charge in [-0.3, -0.25) is 0 Å². The minimum Gasteiger partial charge on any atom is -0.361 e. The molecular formula is C13H17N.